The molecule has 3 N–H and O–H groups in total. The van der Waals surface area contributed by atoms with Crippen LogP contribution < -0.4 is 10.6 Å². The highest BCUT2D eigenvalue weighted by Gasteiger charge is 2.12. The van der Waals surface area contributed by atoms with Crippen LogP contribution in [0.5, 0.6) is 0 Å². The number of hydrogen-bond acceptors (Lipinski definition) is 3. The molecule has 0 saturated heterocycles. The average molecular weight is 298 g/mol. The summed E-state index contributed by atoms with van der Waals surface area (Å²) >= 11 is 0. The molecule has 2 aromatic carbocycles. The molecular formula is C18H22N2O2. The summed E-state index contributed by atoms with van der Waals surface area (Å²) in [7, 11) is 0. The van der Waals surface area contributed by atoms with Gasteiger partial charge in [0.25, 0.3) is 0 Å². The summed E-state index contributed by atoms with van der Waals surface area (Å²) in [6.07, 6.45) is 0.980. The van der Waals surface area contributed by atoms with Crippen LogP contribution >= 0.6 is 0 Å². The maximum absolute atomic E-state index is 12.2. The van der Waals surface area contributed by atoms with Crippen LogP contribution in [0.15, 0.2) is 48.5 Å². The molecule has 0 radical (unpaired) electrons. The minimum atomic E-state index is -0.375. The Kier molecular flexibility index (Phi) is 5.55. The zero-order valence-electron chi connectivity index (χ0n) is 13.0. The van der Waals surface area contributed by atoms with Crippen molar-refractivity contribution in [3.05, 3.63) is 59.7 Å². The number of aliphatic hydroxyl groups excluding tert-OH is 1. The fraction of sp³-hybridized carbons (Fsp3) is 0.278. The molecule has 0 heterocycles. The number of amides is 1. The van der Waals surface area contributed by atoms with E-state index in [2.05, 4.69) is 17.6 Å². The van der Waals surface area contributed by atoms with E-state index in [1.807, 2.05) is 48.5 Å². The van der Waals surface area contributed by atoms with Gasteiger partial charge in [-0.3, -0.25) is 4.79 Å². The van der Waals surface area contributed by atoms with E-state index in [1.165, 1.54) is 5.56 Å². The van der Waals surface area contributed by atoms with Gasteiger partial charge in [-0.1, -0.05) is 31.2 Å². The lowest BCUT2D eigenvalue weighted by atomic mass is 10.1. The molecule has 116 valence electrons. The highest BCUT2D eigenvalue weighted by atomic mass is 16.3. The number of carbonyl (C=O) groups is 1. The van der Waals surface area contributed by atoms with Crippen LogP contribution in [-0.4, -0.2) is 17.1 Å². The summed E-state index contributed by atoms with van der Waals surface area (Å²) in [5.41, 5.74) is 3.66. The van der Waals surface area contributed by atoms with Crippen molar-refractivity contribution in [1.82, 2.24) is 0 Å². The molecule has 2 rings (SSSR count). The monoisotopic (exact) mass is 298 g/mol. The molecule has 0 aliphatic carbocycles. The molecule has 0 saturated carbocycles. The largest absolute Gasteiger partial charge is 0.392 e. The van der Waals surface area contributed by atoms with Crippen molar-refractivity contribution in [2.75, 3.05) is 10.6 Å². The standard InChI is InChI=1S/C18H22N2O2/c1-3-14-7-9-16(10-8-14)20-18(22)13(2)19-17-6-4-5-15(11-17)12-21/h4-11,13,19,21H,3,12H2,1-2H3,(H,20,22). The SMILES string of the molecule is CCc1ccc(NC(=O)C(C)Nc2cccc(CO)c2)cc1. The Morgan fingerprint density at radius 1 is 1.09 bits per heavy atom. The van der Waals surface area contributed by atoms with E-state index in [0.29, 0.717) is 0 Å². The normalized spacial score (nSPS) is 11.8. The smallest absolute Gasteiger partial charge is 0.246 e. The molecule has 0 bridgehead atoms. The molecular weight excluding hydrogens is 276 g/mol. The van der Waals surface area contributed by atoms with Crippen LogP contribution in [0.3, 0.4) is 0 Å². The Labute approximate surface area is 131 Å². The van der Waals surface area contributed by atoms with E-state index >= 15 is 0 Å². The second kappa shape index (κ2) is 7.61. The number of carbonyl (C=O) groups excluding carboxylic acids is 1. The molecule has 0 aromatic heterocycles. The van der Waals surface area contributed by atoms with Crippen molar-refractivity contribution in [3.63, 3.8) is 0 Å². The fourth-order valence-electron chi connectivity index (χ4n) is 2.15. The van der Waals surface area contributed by atoms with Crippen LogP contribution in [0.1, 0.15) is 25.0 Å². The van der Waals surface area contributed by atoms with Gasteiger partial charge in [0.1, 0.15) is 6.04 Å². The predicted octanol–water partition coefficient (Wildman–Crippen LogP) is 3.18. The number of rotatable bonds is 6. The lowest BCUT2D eigenvalue weighted by Crippen LogP contribution is -2.31. The summed E-state index contributed by atoms with van der Waals surface area (Å²) in [6.45, 7) is 3.89. The summed E-state index contributed by atoms with van der Waals surface area (Å²) in [5, 5.41) is 15.2. The van der Waals surface area contributed by atoms with Gasteiger partial charge in [0.2, 0.25) is 5.91 Å². The Morgan fingerprint density at radius 3 is 2.45 bits per heavy atom. The minimum Gasteiger partial charge on any atom is -0.392 e. The van der Waals surface area contributed by atoms with Crippen molar-refractivity contribution < 1.29 is 9.90 Å². The van der Waals surface area contributed by atoms with Gasteiger partial charge in [-0.25, -0.2) is 0 Å². The molecule has 1 amide bonds. The van der Waals surface area contributed by atoms with Gasteiger partial charge < -0.3 is 15.7 Å². The van der Waals surface area contributed by atoms with Crippen LogP contribution in [0.2, 0.25) is 0 Å². The van der Waals surface area contributed by atoms with Crippen LogP contribution in [0.4, 0.5) is 11.4 Å². The number of hydrogen-bond donors (Lipinski definition) is 3. The van der Waals surface area contributed by atoms with Crippen molar-refractivity contribution in [2.45, 2.75) is 32.9 Å². The zero-order chi connectivity index (χ0) is 15.9. The number of benzene rings is 2. The fourth-order valence-corrected chi connectivity index (χ4v) is 2.15. The van der Waals surface area contributed by atoms with Gasteiger partial charge in [0.05, 0.1) is 6.61 Å². The number of aryl methyl sites for hydroxylation is 1. The maximum atomic E-state index is 12.2. The van der Waals surface area contributed by atoms with E-state index in [9.17, 15) is 4.79 Å². The summed E-state index contributed by atoms with van der Waals surface area (Å²) in [5.74, 6) is -0.0985. The first-order valence-electron chi connectivity index (χ1n) is 7.48. The number of anilines is 2. The molecule has 0 aliphatic heterocycles. The van der Waals surface area contributed by atoms with Crippen molar-refractivity contribution in [1.29, 1.82) is 0 Å². The van der Waals surface area contributed by atoms with Crippen molar-refractivity contribution >= 4 is 17.3 Å². The first-order valence-corrected chi connectivity index (χ1v) is 7.48. The Balaban J connectivity index is 1.96. The molecule has 0 spiro atoms. The maximum Gasteiger partial charge on any atom is 0.246 e. The van der Waals surface area contributed by atoms with E-state index in [0.717, 1.165) is 23.4 Å². The van der Waals surface area contributed by atoms with Gasteiger partial charge in [0, 0.05) is 11.4 Å². The third-order valence-electron chi connectivity index (χ3n) is 3.52. The third-order valence-corrected chi connectivity index (χ3v) is 3.52. The van der Waals surface area contributed by atoms with E-state index in [1.54, 1.807) is 6.92 Å². The van der Waals surface area contributed by atoms with E-state index < -0.39 is 0 Å². The lowest BCUT2D eigenvalue weighted by Gasteiger charge is -2.16. The lowest BCUT2D eigenvalue weighted by molar-refractivity contribution is -0.116. The summed E-state index contributed by atoms with van der Waals surface area (Å²) in [6, 6.07) is 14.9. The Morgan fingerprint density at radius 2 is 1.82 bits per heavy atom. The second-order valence-corrected chi connectivity index (χ2v) is 5.26. The quantitative estimate of drug-likeness (QED) is 0.767. The summed E-state index contributed by atoms with van der Waals surface area (Å²) < 4.78 is 0. The van der Waals surface area contributed by atoms with Gasteiger partial charge in [-0.15, -0.1) is 0 Å². The molecule has 1 atom stereocenters. The molecule has 2 aromatic rings. The van der Waals surface area contributed by atoms with Crippen LogP contribution in [0.25, 0.3) is 0 Å². The molecule has 1 unspecified atom stereocenters. The van der Waals surface area contributed by atoms with Crippen LogP contribution in [0, 0.1) is 0 Å². The predicted molar refractivity (Wildman–Crippen MR) is 89.9 cm³/mol. The highest BCUT2D eigenvalue weighted by Crippen LogP contribution is 2.14. The minimum absolute atomic E-state index is 0.0140. The van der Waals surface area contributed by atoms with Gasteiger partial charge in [-0.2, -0.15) is 0 Å². The molecule has 4 nitrogen and oxygen atoms in total. The molecule has 22 heavy (non-hydrogen) atoms. The Hall–Kier alpha value is -2.33. The zero-order valence-corrected chi connectivity index (χ0v) is 13.0. The molecule has 0 fully saturated rings. The van der Waals surface area contributed by atoms with Crippen molar-refractivity contribution in [2.24, 2.45) is 0 Å². The van der Waals surface area contributed by atoms with Crippen molar-refractivity contribution in [3.8, 4) is 0 Å². The highest BCUT2D eigenvalue weighted by molar-refractivity contribution is 5.96. The first-order chi connectivity index (χ1) is 10.6. The van der Waals surface area contributed by atoms with Crippen LogP contribution in [-0.2, 0) is 17.8 Å². The topological polar surface area (TPSA) is 61.4 Å². The second-order valence-electron chi connectivity index (χ2n) is 5.26. The number of aliphatic hydroxyl groups is 1. The number of nitrogens with one attached hydrogen (secondary N) is 2. The average Bonchev–Trinajstić information content (AvgIpc) is 2.55. The summed E-state index contributed by atoms with van der Waals surface area (Å²) in [4.78, 5) is 12.2. The van der Waals surface area contributed by atoms with Gasteiger partial charge in [0.15, 0.2) is 0 Å². The Bertz CT molecular complexity index is 623. The van der Waals surface area contributed by atoms with Gasteiger partial charge >= 0.3 is 0 Å². The van der Waals surface area contributed by atoms with E-state index in [4.69, 9.17) is 5.11 Å². The molecule has 0 aliphatic rings. The van der Waals surface area contributed by atoms with Gasteiger partial charge in [-0.05, 0) is 48.7 Å². The first kappa shape index (κ1) is 16.0. The molecule has 4 heteroatoms. The third kappa shape index (κ3) is 4.33. The van der Waals surface area contributed by atoms with E-state index in [-0.39, 0.29) is 18.6 Å².